The molecular weight excluding hydrogens is 718 g/mol. The van der Waals surface area contributed by atoms with Gasteiger partial charge < -0.3 is 24.8 Å². The molecule has 3 aromatic rings. The summed E-state index contributed by atoms with van der Waals surface area (Å²) in [6.07, 6.45) is 5.25. The number of nitrogens with zero attached hydrogens (tertiary/aromatic N) is 7. The Morgan fingerprint density at radius 2 is 1.68 bits per heavy atom. The van der Waals surface area contributed by atoms with E-state index in [1.54, 1.807) is 11.0 Å². The summed E-state index contributed by atoms with van der Waals surface area (Å²) in [6, 6.07) is 15.2. The number of imide groups is 1. The SMILES string of the molecule is N#Cc1ccc(OC2CCC(C(=O)Nc3ccc(N4CCC(CN5CCN(c6ccc7c(c6)C(=O)N(C6CCC(=O)NC6=O)C7)CC5)CC4)nn3)CC2)cc1F. The maximum atomic E-state index is 14.0. The third-order valence-electron chi connectivity index (χ3n) is 12.0. The average molecular weight is 764 g/mol. The van der Waals surface area contributed by atoms with Crippen LogP contribution in [0, 0.1) is 29.0 Å². The van der Waals surface area contributed by atoms with Gasteiger partial charge in [0.05, 0.1) is 11.7 Å². The summed E-state index contributed by atoms with van der Waals surface area (Å²) < 4.78 is 19.9. The van der Waals surface area contributed by atoms with Gasteiger partial charge in [0.25, 0.3) is 5.91 Å². The van der Waals surface area contributed by atoms with Gasteiger partial charge in [-0.15, -0.1) is 10.2 Å². The standard InChI is InChI=1S/C41H46FN9O5/c42-34-22-32(8-4-28(34)23-43)56-31-6-2-27(3-7-31)39(53)44-36-10-11-37(47-46-36)50-15-13-26(14-16-50)24-48-17-19-49(20-18-48)30-5-1-29-25-51(41(55)33(29)21-30)35-9-12-38(52)45-40(35)54/h1,4-5,8,10-11,21-22,26-27,31,35H,2-3,6-7,9,12-20,24-25H2,(H,44,46,53)(H,45,52,54). The predicted molar refractivity (Wildman–Crippen MR) is 204 cm³/mol. The van der Waals surface area contributed by atoms with E-state index < -0.39 is 17.8 Å². The third-order valence-corrected chi connectivity index (χ3v) is 12.0. The van der Waals surface area contributed by atoms with Gasteiger partial charge in [-0.25, -0.2) is 4.39 Å². The van der Waals surface area contributed by atoms with E-state index in [9.17, 15) is 23.6 Å². The van der Waals surface area contributed by atoms with Gasteiger partial charge >= 0.3 is 0 Å². The van der Waals surface area contributed by atoms with Gasteiger partial charge in [0, 0.05) is 82.0 Å². The molecule has 4 amide bonds. The van der Waals surface area contributed by atoms with Crippen LogP contribution in [-0.2, 0) is 20.9 Å². The van der Waals surface area contributed by atoms with Crippen molar-refractivity contribution in [1.82, 2.24) is 25.3 Å². The lowest BCUT2D eigenvalue weighted by Crippen LogP contribution is -2.52. The third kappa shape index (κ3) is 8.16. The summed E-state index contributed by atoms with van der Waals surface area (Å²) in [7, 11) is 0. The predicted octanol–water partition coefficient (Wildman–Crippen LogP) is 3.86. The number of rotatable bonds is 9. The normalized spacial score (nSPS) is 23.4. The first-order valence-electron chi connectivity index (χ1n) is 19.7. The lowest BCUT2D eigenvalue weighted by Gasteiger charge is -2.39. The number of nitriles is 1. The lowest BCUT2D eigenvalue weighted by molar-refractivity contribution is -0.137. The Morgan fingerprint density at radius 1 is 0.893 bits per heavy atom. The van der Waals surface area contributed by atoms with Crippen molar-refractivity contribution in [3.05, 3.63) is 71.0 Å². The van der Waals surface area contributed by atoms with E-state index in [0.29, 0.717) is 61.7 Å². The Balaban J connectivity index is 0.743. The van der Waals surface area contributed by atoms with E-state index in [0.717, 1.165) is 75.7 Å². The largest absolute Gasteiger partial charge is 0.490 e. The molecule has 8 rings (SSSR count). The minimum atomic E-state index is -0.608. The number of hydrogen-bond donors (Lipinski definition) is 2. The second-order valence-corrected chi connectivity index (χ2v) is 15.6. The van der Waals surface area contributed by atoms with Crippen LogP contribution in [0.15, 0.2) is 48.5 Å². The van der Waals surface area contributed by atoms with Crippen molar-refractivity contribution >= 4 is 41.0 Å². The van der Waals surface area contributed by atoms with Gasteiger partial charge in [-0.05, 0) is 92.8 Å². The number of aromatic nitrogens is 2. The van der Waals surface area contributed by atoms with Crippen molar-refractivity contribution in [2.24, 2.45) is 11.8 Å². The molecule has 292 valence electrons. The molecule has 1 aliphatic carbocycles. The molecule has 5 heterocycles. The molecule has 4 fully saturated rings. The molecule has 0 spiro atoms. The van der Waals surface area contributed by atoms with Gasteiger partial charge in [-0.2, -0.15) is 5.26 Å². The quantitative estimate of drug-likeness (QED) is 0.304. The van der Waals surface area contributed by atoms with Crippen LogP contribution in [0.1, 0.15) is 72.9 Å². The van der Waals surface area contributed by atoms with E-state index >= 15 is 0 Å². The number of halogens is 1. The Labute approximate surface area is 325 Å². The number of anilines is 3. The van der Waals surface area contributed by atoms with E-state index in [1.165, 1.54) is 12.1 Å². The fourth-order valence-corrected chi connectivity index (χ4v) is 8.72. The zero-order chi connectivity index (χ0) is 38.8. The Kier molecular flexibility index (Phi) is 10.8. The van der Waals surface area contributed by atoms with Crippen molar-refractivity contribution in [3.8, 4) is 11.8 Å². The number of carbonyl (C=O) groups is 4. The first kappa shape index (κ1) is 37.3. The van der Waals surface area contributed by atoms with Crippen LogP contribution in [0.5, 0.6) is 5.75 Å². The number of fused-ring (bicyclic) bond motifs is 1. The van der Waals surface area contributed by atoms with Crippen LogP contribution in [-0.4, -0.2) is 102 Å². The first-order valence-corrected chi connectivity index (χ1v) is 19.7. The molecular formula is C41H46FN9O5. The second kappa shape index (κ2) is 16.2. The average Bonchev–Trinajstić information content (AvgIpc) is 3.54. The molecule has 15 heteroatoms. The van der Waals surface area contributed by atoms with Crippen molar-refractivity contribution in [2.45, 2.75) is 70.1 Å². The first-order chi connectivity index (χ1) is 27.2. The molecule has 1 saturated carbocycles. The highest BCUT2D eigenvalue weighted by molar-refractivity contribution is 6.05. The minimum Gasteiger partial charge on any atom is -0.490 e. The smallest absolute Gasteiger partial charge is 0.255 e. The van der Waals surface area contributed by atoms with E-state index in [-0.39, 0.29) is 41.7 Å². The van der Waals surface area contributed by atoms with Crippen LogP contribution < -0.4 is 25.2 Å². The van der Waals surface area contributed by atoms with Crippen LogP contribution in [0.3, 0.4) is 0 Å². The molecule has 4 aliphatic heterocycles. The molecule has 1 atom stereocenters. The number of ether oxygens (including phenoxy) is 1. The van der Waals surface area contributed by atoms with Gasteiger partial charge in [0.1, 0.15) is 23.7 Å². The highest BCUT2D eigenvalue weighted by Gasteiger charge is 2.39. The molecule has 5 aliphatic rings. The molecule has 2 aromatic carbocycles. The monoisotopic (exact) mass is 763 g/mol. The van der Waals surface area contributed by atoms with Gasteiger partial charge in [-0.3, -0.25) is 29.4 Å². The number of nitrogens with one attached hydrogen (secondary N) is 2. The van der Waals surface area contributed by atoms with E-state index in [1.807, 2.05) is 30.3 Å². The highest BCUT2D eigenvalue weighted by Crippen LogP contribution is 2.32. The van der Waals surface area contributed by atoms with Gasteiger partial charge in [0.15, 0.2) is 11.6 Å². The second-order valence-electron chi connectivity index (χ2n) is 15.6. The summed E-state index contributed by atoms with van der Waals surface area (Å²) >= 11 is 0. The van der Waals surface area contributed by atoms with Crippen LogP contribution >= 0.6 is 0 Å². The van der Waals surface area contributed by atoms with Crippen molar-refractivity contribution in [1.29, 1.82) is 5.26 Å². The Hall–Kier alpha value is -5.62. The van der Waals surface area contributed by atoms with Crippen LogP contribution in [0.4, 0.5) is 21.7 Å². The molecule has 0 bridgehead atoms. The maximum absolute atomic E-state index is 14.0. The summed E-state index contributed by atoms with van der Waals surface area (Å²) in [5, 5.41) is 23.0. The van der Waals surface area contributed by atoms with Crippen LogP contribution in [0.25, 0.3) is 0 Å². The molecule has 1 unspecified atom stereocenters. The number of piperazine rings is 1. The summed E-state index contributed by atoms with van der Waals surface area (Å²) in [5.41, 5.74) is 2.57. The number of amides is 4. The fraction of sp³-hybridized carbons (Fsp3) is 0.488. The molecule has 56 heavy (non-hydrogen) atoms. The number of hydrogen-bond acceptors (Lipinski definition) is 11. The summed E-state index contributed by atoms with van der Waals surface area (Å²) in [4.78, 5) is 59.1. The molecule has 0 radical (unpaired) electrons. The fourth-order valence-electron chi connectivity index (χ4n) is 8.72. The van der Waals surface area contributed by atoms with Crippen molar-refractivity contribution in [3.63, 3.8) is 0 Å². The van der Waals surface area contributed by atoms with Crippen LogP contribution in [0.2, 0.25) is 0 Å². The summed E-state index contributed by atoms with van der Waals surface area (Å²) in [5.74, 6) is 0.542. The van der Waals surface area contributed by atoms with Gasteiger partial charge in [-0.1, -0.05) is 6.07 Å². The Bertz CT molecular complexity index is 2020. The maximum Gasteiger partial charge on any atom is 0.255 e. The lowest BCUT2D eigenvalue weighted by atomic mass is 9.86. The number of benzene rings is 2. The molecule has 1 aromatic heterocycles. The number of carbonyl (C=O) groups excluding carboxylic acids is 4. The number of piperidine rings is 2. The Morgan fingerprint density at radius 3 is 2.38 bits per heavy atom. The minimum absolute atomic E-state index is 0.0172. The highest BCUT2D eigenvalue weighted by atomic mass is 19.1. The zero-order valence-corrected chi connectivity index (χ0v) is 31.3. The van der Waals surface area contributed by atoms with Crippen molar-refractivity contribution < 1.29 is 28.3 Å². The van der Waals surface area contributed by atoms with Gasteiger partial charge in [0.2, 0.25) is 17.7 Å². The molecule has 3 saturated heterocycles. The summed E-state index contributed by atoms with van der Waals surface area (Å²) in [6.45, 7) is 6.86. The molecule has 14 nitrogen and oxygen atoms in total. The topological polar surface area (TPSA) is 164 Å². The molecule has 2 N–H and O–H groups in total. The van der Waals surface area contributed by atoms with Crippen molar-refractivity contribution in [2.75, 3.05) is 60.9 Å². The zero-order valence-electron chi connectivity index (χ0n) is 31.3. The van der Waals surface area contributed by atoms with E-state index in [2.05, 4.69) is 41.6 Å². The van der Waals surface area contributed by atoms with E-state index in [4.69, 9.17) is 10.00 Å².